The van der Waals surface area contributed by atoms with Crippen LogP contribution < -0.4 is 24.8 Å². The van der Waals surface area contributed by atoms with Crippen molar-refractivity contribution in [3.05, 3.63) is 46.6 Å². The summed E-state index contributed by atoms with van der Waals surface area (Å²) in [5.41, 5.74) is 6.59. The standard InChI is InChI=1S/C18H25.C2H6Si.2ClH.Zr/c1-5-14-13-18(8-4,15-11-9-10-12-15)17(7-3)16(14)6-2;1-3-2;;;/h9-11H,5-8,12H2,1-4H3;1-2H3;2*1H;/q-1;;;;+2/p-2. The van der Waals surface area contributed by atoms with Gasteiger partial charge < -0.3 is 24.8 Å². The summed E-state index contributed by atoms with van der Waals surface area (Å²) in [6.07, 6.45) is 16.4. The zero-order chi connectivity index (χ0) is 16.8. The van der Waals surface area contributed by atoms with Gasteiger partial charge in [0.05, 0.1) is 0 Å². The fourth-order valence-electron chi connectivity index (χ4n) is 3.66. The minimum atomic E-state index is 0. The summed E-state index contributed by atoms with van der Waals surface area (Å²) in [5.74, 6) is 0. The predicted molar refractivity (Wildman–Crippen MR) is 96.7 cm³/mol. The van der Waals surface area contributed by atoms with Crippen LogP contribution in [0, 0.1) is 11.5 Å². The van der Waals surface area contributed by atoms with Crippen molar-refractivity contribution in [2.75, 3.05) is 0 Å². The van der Waals surface area contributed by atoms with Gasteiger partial charge in [0.1, 0.15) is 0 Å². The van der Waals surface area contributed by atoms with E-state index >= 15 is 0 Å². The average molecular weight is 462 g/mol. The second-order valence-corrected chi connectivity index (χ2v) is 15.6. The summed E-state index contributed by atoms with van der Waals surface area (Å²) in [5, 5.41) is 0. The maximum atomic E-state index is 3.88. The molecule has 2 rings (SSSR count). The van der Waals surface area contributed by atoms with Crippen LogP contribution >= 0.6 is 0 Å². The molecule has 24 heavy (non-hydrogen) atoms. The number of hydrogen-bond acceptors (Lipinski definition) is 0. The van der Waals surface area contributed by atoms with Crippen LogP contribution in [0.4, 0.5) is 0 Å². The Kier molecular flexibility index (Phi) is 14.4. The summed E-state index contributed by atoms with van der Waals surface area (Å²) < 4.78 is 0. The molecule has 0 aliphatic heterocycles. The van der Waals surface area contributed by atoms with E-state index in [-0.39, 0.29) is 35.7 Å². The maximum Gasteiger partial charge on any atom is -1.00 e. The first kappa shape index (κ1) is 26.9. The molecule has 4 heteroatoms. The Balaban J connectivity index is 0. The van der Waals surface area contributed by atoms with E-state index in [1.807, 2.05) is 0 Å². The van der Waals surface area contributed by atoms with Crippen molar-refractivity contribution in [2.45, 2.75) is 72.9 Å². The van der Waals surface area contributed by atoms with Crippen molar-refractivity contribution in [2.24, 2.45) is 5.41 Å². The van der Waals surface area contributed by atoms with E-state index in [1.54, 1.807) is 40.1 Å². The molecule has 1 unspecified atom stereocenters. The molecule has 2 aliphatic carbocycles. The molecule has 0 heterocycles. The molecule has 2 aliphatic rings. The molecular weight excluding hydrogens is 430 g/mol. The van der Waals surface area contributed by atoms with Gasteiger partial charge in [-0.25, -0.2) is 5.57 Å². The number of halogens is 2. The summed E-state index contributed by atoms with van der Waals surface area (Å²) in [7, 11) is 0. The van der Waals surface area contributed by atoms with Gasteiger partial charge in [-0.05, 0) is 6.42 Å². The van der Waals surface area contributed by atoms with E-state index in [4.69, 9.17) is 0 Å². The van der Waals surface area contributed by atoms with Gasteiger partial charge >= 0.3 is 41.9 Å². The van der Waals surface area contributed by atoms with Crippen LogP contribution in [0.3, 0.4) is 0 Å². The minimum absolute atomic E-state index is 0. The molecule has 1 atom stereocenters. The first-order chi connectivity index (χ1) is 10.5. The Labute approximate surface area is 177 Å². The Bertz CT molecular complexity index is 540. The second-order valence-electron chi connectivity index (χ2n) is 6.20. The normalized spacial score (nSPS) is 21.3. The number of rotatable bonds is 5. The Morgan fingerprint density at radius 2 is 1.67 bits per heavy atom. The van der Waals surface area contributed by atoms with E-state index in [0.29, 0.717) is 0 Å². The summed E-state index contributed by atoms with van der Waals surface area (Å²) >= 11 is 1.74. The summed E-state index contributed by atoms with van der Waals surface area (Å²) in [6.45, 7) is 13.8. The van der Waals surface area contributed by atoms with Gasteiger partial charge in [0.25, 0.3) is 0 Å². The van der Waals surface area contributed by atoms with Gasteiger partial charge in [0.2, 0.25) is 0 Å². The number of hydrogen-bond donors (Lipinski definition) is 0. The van der Waals surface area contributed by atoms with Crippen molar-refractivity contribution in [1.82, 2.24) is 0 Å². The van der Waals surface area contributed by atoms with Crippen LogP contribution in [0.2, 0.25) is 13.1 Å². The maximum absolute atomic E-state index is 3.88. The molecule has 0 amide bonds. The molecule has 0 saturated heterocycles. The second kappa shape index (κ2) is 12.9. The van der Waals surface area contributed by atoms with Crippen LogP contribution in [0.15, 0.2) is 40.5 Å². The van der Waals surface area contributed by atoms with Gasteiger partial charge in [-0.1, -0.05) is 82.6 Å². The predicted octanol–water partition coefficient (Wildman–Crippen LogP) is 0.331. The molecule has 134 valence electrons. The summed E-state index contributed by atoms with van der Waals surface area (Å²) in [6, 6.07) is 0. The molecule has 0 bridgehead atoms. The molecule has 0 nitrogen and oxygen atoms in total. The van der Waals surface area contributed by atoms with Gasteiger partial charge in [0, 0.05) is 0 Å². The SMILES string of the molecule is CCC1=[C-]C(CC)(C2=CC=CC2)C(CC)=C1CC.C[Si](C)=[Zr+2].[Cl-].[Cl-]. The Morgan fingerprint density at radius 3 is 2.00 bits per heavy atom. The van der Waals surface area contributed by atoms with E-state index in [2.05, 4.69) is 65.1 Å². The summed E-state index contributed by atoms with van der Waals surface area (Å²) in [4.78, 5) is 0. The molecule has 0 N–H and O–H groups in total. The zero-order valence-corrected chi connectivity index (χ0v) is 21.0. The monoisotopic (exact) mass is 459 g/mol. The van der Waals surface area contributed by atoms with E-state index in [9.17, 15) is 0 Å². The van der Waals surface area contributed by atoms with Crippen molar-refractivity contribution in [1.29, 1.82) is 0 Å². The van der Waals surface area contributed by atoms with Crippen molar-refractivity contribution in [3.63, 3.8) is 0 Å². The molecule has 0 radical (unpaired) electrons. The minimum Gasteiger partial charge on any atom is -1.00 e. The fraction of sp³-hybridized carbons (Fsp3) is 0.600. The molecule has 0 spiro atoms. The van der Waals surface area contributed by atoms with Gasteiger partial charge in [-0.15, -0.1) is 0 Å². The van der Waals surface area contributed by atoms with Crippen LogP contribution in [0.5, 0.6) is 0 Å². The largest absolute Gasteiger partial charge is 1.00 e. The van der Waals surface area contributed by atoms with Crippen molar-refractivity contribution < 1.29 is 48.1 Å². The van der Waals surface area contributed by atoms with Crippen molar-refractivity contribution >= 4 is 5.43 Å². The molecule has 0 fully saturated rings. The van der Waals surface area contributed by atoms with E-state index < -0.39 is 0 Å². The average Bonchev–Trinajstić information content (AvgIpc) is 3.11. The Morgan fingerprint density at radius 1 is 1.08 bits per heavy atom. The van der Waals surface area contributed by atoms with E-state index in [0.717, 1.165) is 32.1 Å². The molecule has 0 aromatic rings. The third-order valence-corrected chi connectivity index (χ3v) is 4.52. The van der Waals surface area contributed by atoms with Gasteiger partial charge in [-0.2, -0.15) is 11.1 Å². The molecule has 0 saturated carbocycles. The molecule has 0 aromatic heterocycles. The first-order valence-electron chi connectivity index (χ1n) is 8.71. The van der Waals surface area contributed by atoms with Crippen LogP contribution in [0.25, 0.3) is 0 Å². The van der Waals surface area contributed by atoms with Crippen LogP contribution in [0.1, 0.15) is 59.8 Å². The third kappa shape index (κ3) is 6.11. The molecule has 0 aromatic carbocycles. The number of allylic oxidation sites excluding steroid dienone is 8. The fourth-order valence-corrected chi connectivity index (χ4v) is 3.66. The zero-order valence-electron chi connectivity index (χ0n) is 16.0. The van der Waals surface area contributed by atoms with Gasteiger partial charge in [-0.3, -0.25) is 6.08 Å². The topological polar surface area (TPSA) is 0 Å². The van der Waals surface area contributed by atoms with Gasteiger partial charge in [0.15, 0.2) is 0 Å². The van der Waals surface area contributed by atoms with E-state index in [1.165, 1.54) is 5.57 Å². The Hall–Kier alpha value is 0.640. The van der Waals surface area contributed by atoms with Crippen LogP contribution in [-0.4, -0.2) is 5.43 Å². The van der Waals surface area contributed by atoms with Crippen molar-refractivity contribution in [3.8, 4) is 0 Å². The molecular formula is C20H31Cl2SiZr-. The smallest absolute Gasteiger partial charge is 1.00 e. The quantitative estimate of drug-likeness (QED) is 0.409. The van der Waals surface area contributed by atoms with Crippen LogP contribution in [-0.2, 0) is 23.3 Å². The third-order valence-electron chi connectivity index (χ3n) is 4.52. The first-order valence-corrected chi connectivity index (χ1v) is 14.9.